The Labute approximate surface area is 85.8 Å². The van der Waals surface area contributed by atoms with Gasteiger partial charge in [0.1, 0.15) is 12.5 Å². The Balaban J connectivity index is 2.10. The van der Waals surface area contributed by atoms with E-state index in [2.05, 4.69) is 25.8 Å². The van der Waals surface area contributed by atoms with Gasteiger partial charge in [-0.25, -0.2) is 4.98 Å². The van der Waals surface area contributed by atoms with Gasteiger partial charge in [-0.1, -0.05) is 0 Å². The minimum absolute atomic E-state index is 0.661. The molecule has 3 nitrogen and oxygen atoms in total. The van der Waals surface area contributed by atoms with E-state index in [1.54, 1.807) is 0 Å². The summed E-state index contributed by atoms with van der Waals surface area (Å²) in [6.45, 7) is 2.57. The summed E-state index contributed by atoms with van der Waals surface area (Å²) in [5, 5.41) is 0. The summed E-state index contributed by atoms with van der Waals surface area (Å²) in [6, 6.07) is 4.00. The standard InChI is InChI=1S/C9H11BrN2O/c10-8-2-3-9(11-6-8)12-4-1-5-13-7-12/h2-3,6H,1,4-5,7H2. The molecular weight excluding hydrogens is 232 g/mol. The molecule has 4 heteroatoms. The second-order valence-electron chi connectivity index (χ2n) is 2.99. The third-order valence-electron chi connectivity index (χ3n) is 2.00. The highest BCUT2D eigenvalue weighted by Gasteiger charge is 2.11. The third-order valence-corrected chi connectivity index (χ3v) is 2.47. The quantitative estimate of drug-likeness (QED) is 0.754. The molecule has 0 unspecified atom stereocenters. The lowest BCUT2D eigenvalue weighted by Crippen LogP contribution is -2.33. The van der Waals surface area contributed by atoms with Gasteiger partial charge < -0.3 is 9.64 Å². The molecule has 0 bridgehead atoms. The smallest absolute Gasteiger partial charge is 0.130 e. The Morgan fingerprint density at radius 1 is 1.46 bits per heavy atom. The van der Waals surface area contributed by atoms with E-state index in [0.29, 0.717) is 6.73 Å². The Hall–Kier alpha value is -0.610. The molecule has 1 aliphatic rings. The van der Waals surface area contributed by atoms with Crippen molar-refractivity contribution < 1.29 is 4.74 Å². The lowest BCUT2D eigenvalue weighted by molar-refractivity contribution is 0.106. The van der Waals surface area contributed by atoms with Crippen LogP contribution in [-0.2, 0) is 4.74 Å². The van der Waals surface area contributed by atoms with E-state index in [1.165, 1.54) is 0 Å². The second-order valence-corrected chi connectivity index (χ2v) is 3.90. The fourth-order valence-corrected chi connectivity index (χ4v) is 1.57. The van der Waals surface area contributed by atoms with Gasteiger partial charge in [0, 0.05) is 17.2 Å². The molecule has 0 saturated carbocycles. The van der Waals surface area contributed by atoms with Gasteiger partial charge in [0.25, 0.3) is 0 Å². The number of rotatable bonds is 1. The Bertz CT molecular complexity index is 269. The SMILES string of the molecule is Brc1ccc(N2CCCOC2)nc1. The molecule has 0 amide bonds. The molecule has 1 aliphatic heterocycles. The van der Waals surface area contributed by atoms with Crippen molar-refractivity contribution in [2.45, 2.75) is 6.42 Å². The molecule has 2 heterocycles. The molecule has 0 radical (unpaired) electrons. The van der Waals surface area contributed by atoms with Gasteiger partial charge in [0.15, 0.2) is 0 Å². The van der Waals surface area contributed by atoms with Crippen molar-refractivity contribution >= 4 is 21.7 Å². The first kappa shape index (κ1) is 8.97. The van der Waals surface area contributed by atoms with Crippen LogP contribution in [0.1, 0.15) is 6.42 Å². The van der Waals surface area contributed by atoms with E-state index in [0.717, 1.165) is 29.9 Å². The van der Waals surface area contributed by atoms with Crippen LogP contribution in [0.4, 0.5) is 5.82 Å². The first-order chi connectivity index (χ1) is 6.36. The summed E-state index contributed by atoms with van der Waals surface area (Å²) in [6.07, 6.45) is 2.89. The maximum atomic E-state index is 5.34. The topological polar surface area (TPSA) is 25.4 Å². The molecule has 1 aromatic rings. The fraction of sp³-hybridized carbons (Fsp3) is 0.444. The van der Waals surface area contributed by atoms with Crippen LogP contribution in [0.25, 0.3) is 0 Å². The average Bonchev–Trinajstić information content (AvgIpc) is 2.20. The molecule has 0 atom stereocenters. The highest BCUT2D eigenvalue weighted by molar-refractivity contribution is 9.10. The Morgan fingerprint density at radius 2 is 2.38 bits per heavy atom. The number of aromatic nitrogens is 1. The van der Waals surface area contributed by atoms with Crippen LogP contribution in [-0.4, -0.2) is 24.9 Å². The number of pyridine rings is 1. The molecule has 0 spiro atoms. The van der Waals surface area contributed by atoms with Gasteiger partial charge in [0.05, 0.1) is 6.61 Å². The monoisotopic (exact) mass is 242 g/mol. The molecule has 13 heavy (non-hydrogen) atoms. The van der Waals surface area contributed by atoms with E-state index >= 15 is 0 Å². The summed E-state index contributed by atoms with van der Waals surface area (Å²) >= 11 is 3.36. The van der Waals surface area contributed by atoms with Crippen molar-refractivity contribution in [2.75, 3.05) is 24.8 Å². The van der Waals surface area contributed by atoms with Crippen molar-refractivity contribution in [2.24, 2.45) is 0 Å². The van der Waals surface area contributed by atoms with E-state index in [1.807, 2.05) is 18.3 Å². The first-order valence-corrected chi connectivity index (χ1v) is 5.10. The predicted molar refractivity (Wildman–Crippen MR) is 54.7 cm³/mol. The van der Waals surface area contributed by atoms with Crippen LogP contribution in [0.5, 0.6) is 0 Å². The largest absolute Gasteiger partial charge is 0.361 e. The highest BCUT2D eigenvalue weighted by Crippen LogP contribution is 2.16. The van der Waals surface area contributed by atoms with Crippen LogP contribution < -0.4 is 4.90 Å². The van der Waals surface area contributed by atoms with Crippen LogP contribution in [0.15, 0.2) is 22.8 Å². The van der Waals surface area contributed by atoms with Crippen molar-refractivity contribution in [1.82, 2.24) is 4.98 Å². The average molecular weight is 243 g/mol. The van der Waals surface area contributed by atoms with Gasteiger partial charge in [-0.2, -0.15) is 0 Å². The van der Waals surface area contributed by atoms with Gasteiger partial charge >= 0.3 is 0 Å². The van der Waals surface area contributed by atoms with Crippen LogP contribution in [0, 0.1) is 0 Å². The van der Waals surface area contributed by atoms with Crippen LogP contribution in [0.3, 0.4) is 0 Å². The molecule has 0 aromatic carbocycles. The van der Waals surface area contributed by atoms with Crippen molar-refractivity contribution in [3.05, 3.63) is 22.8 Å². The normalized spacial score (nSPS) is 17.5. The minimum atomic E-state index is 0.661. The van der Waals surface area contributed by atoms with Crippen LogP contribution in [0.2, 0.25) is 0 Å². The minimum Gasteiger partial charge on any atom is -0.361 e. The maximum Gasteiger partial charge on any atom is 0.130 e. The first-order valence-electron chi connectivity index (χ1n) is 4.30. The maximum absolute atomic E-state index is 5.34. The predicted octanol–water partition coefficient (Wildman–Crippen LogP) is 2.03. The number of ether oxygens (including phenoxy) is 1. The van der Waals surface area contributed by atoms with Crippen molar-refractivity contribution in [1.29, 1.82) is 0 Å². The summed E-state index contributed by atoms with van der Waals surface area (Å²) in [5.41, 5.74) is 0. The fourth-order valence-electron chi connectivity index (χ4n) is 1.33. The zero-order valence-corrected chi connectivity index (χ0v) is 8.83. The molecule has 70 valence electrons. The lowest BCUT2D eigenvalue weighted by atomic mass is 10.3. The molecule has 1 aromatic heterocycles. The summed E-state index contributed by atoms with van der Waals surface area (Å²) in [7, 11) is 0. The third kappa shape index (κ3) is 2.19. The second kappa shape index (κ2) is 4.07. The van der Waals surface area contributed by atoms with E-state index in [9.17, 15) is 0 Å². The molecule has 1 fully saturated rings. The van der Waals surface area contributed by atoms with Crippen LogP contribution >= 0.6 is 15.9 Å². The van der Waals surface area contributed by atoms with Gasteiger partial charge in [-0.3, -0.25) is 0 Å². The molecule has 0 N–H and O–H groups in total. The van der Waals surface area contributed by atoms with Gasteiger partial charge in [0.2, 0.25) is 0 Å². The summed E-state index contributed by atoms with van der Waals surface area (Å²) in [4.78, 5) is 6.44. The van der Waals surface area contributed by atoms with Gasteiger partial charge in [-0.05, 0) is 34.5 Å². The van der Waals surface area contributed by atoms with Crippen molar-refractivity contribution in [3.8, 4) is 0 Å². The summed E-state index contributed by atoms with van der Waals surface area (Å²) < 4.78 is 6.35. The Kier molecular flexibility index (Phi) is 2.80. The van der Waals surface area contributed by atoms with E-state index in [-0.39, 0.29) is 0 Å². The molecule has 1 saturated heterocycles. The summed E-state index contributed by atoms with van der Waals surface area (Å²) in [5.74, 6) is 0.989. The van der Waals surface area contributed by atoms with E-state index < -0.39 is 0 Å². The van der Waals surface area contributed by atoms with Gasteiger partial charge in [-0.15, -0.1) is 0 Å². The molecular formula is C9H11BrN2O. The zero-order valence-electron chi connectivity index (χ0n) is 7.24. The Morgan fingerprint density at radius 3 is 3.00 bits per heavy atom. The lowest BCUT2D eigenvalue weighted by Gasteiger charge is -2.27. The number of anilines is 1. The number of hydrogen-bond acceptors (Lipinski definition) is 3. The molecule has 2 rings (SSSR count). The zero-order chi connectivity index (χ0) is 9.10. The number of halogens is 1. The van der Waals surface area contributed by atoms with E-state index in [4.69, 9.17) is 4.74 Å². The number of nitrogens with zero attached hydrogens (tertiary/aromatic N) is 2. The number of hydrogen-bond donors (Lipinski definition) is 0. The molecule has 0 aliphatic carbocycles. The highest BCUT2D eigenvalue weighted by atomic mass is 79.9. The van der Waals surface area contributed by atoms with Crippen molar-refractivity contribution in [3.63, 3.8) is 0 Å².